The Hall–Kier alpha value is -3.93. The Labute approximate surface area is 225 Å². The minimum atomic E-state index is -0.745. The van der Waals surface area contributed by atoms with Gasteiger partial charge in [0.25, 0.3) is 0 Å². The molecule has 0 heterocycles. The van der Waals surface area contributed by atoms with E-state index in [-0.39, 0.29) is 0 Å². The number of aryl methyl sites for hydroxylation is 2. The van der Waals surface area contributed by atoms with Gasteiger partial charge in [-0.05, 0) is 60.1 Å². The molecule has 4 aromatic carbocycles. The molecule has 4 aromatic rings. The van der Waals surface area contributed by atoms with Crippen molar-refractivity contribution in [1.29, 1.82) is 0 Å². The normalized spacial score (nSPS) is 10.7. The summed E-state index contributed by atoms with van der Waals surface area (Å²) in [7, 11) is 0. The lowest BCUT2D eigenvalue weighted by molar-refractivity contribution is 0.118. The number of para-hydroxylation sites is 2. The second-order valence-electron chi connectivity index (χ2n) is 8.95. The quantitative estimate of drug-likeness (QED) is 0.0995. The lowest BCUT2D eigenvalue weighted by Gasteiger charge is -2.12. The summed E-state index contributed by atoms with van der Waals surface area (Å²) >= 11 is 0. The van der Waals surface area contributed by atoms with Crippen molar-refractivity contribution >= 4 is 6.16 Å². The molecule has 0 bridgehead atoms. The van der Waals surface area contributed by atoms with Crippen LogP contribution in [0.3, 0.4) is 0 Å². The minimum Gasteiger partial charge on any atom is -0.394 e. The molecular weight excluding hydrogens is 476 g/mol. The van der Waals surface area contributed by atoms with Gasteiger partial charge in [0.1, 0.15) is 11.5 Å². The van der Waals surface area contributed by atoms with Crippen molar-refractivity contribution < 1.29 is 23.7 Å². The maximum atomic E-state index is 12.7. The third kappa shape index (κ3) is 9.18. The maximum absolute atomic E-state index is 12.7. The van der Waals surface area contributed by atoms with Crippen molar-refractivity contribution in [1.82, 2.24) is 0 Å². The summed E-state index contributed by atoms with van der Waals surface area (Å²) in [5.41, 5.74) is 4.19. The van der Waals surface area contributed by atoms with Crippen molar-refractivity contribution in [3.63, 3.8) is 0 Å². The first kappa shape index (κ1) is 27.1. The molecule has 0 aliphatic heterocycles. The predicted molar refractivity (Wildman–Crippen MR) is 148 cm³/mol. The first-order chi connectivity index (χ1) is 18.8. The standard InChI is InChI=1S/C33H34O5/c34-33(37-31-21-9-7-17-29(31)19-11-23-35-25-27-13-3-1-4-14-27)38-32-22-10-8-18-30(32)20-12-24-36-26-28-15-5-2-6-16-28/h1-10,13-18,21-22H,11-12,19-20,23-26H2. The minimum absolute atomic E-state index is 0.507. The Morgan fingerprint density at radius 1 is 0.500 bits per heavy atom. The SMILES string of the molecule is O=C(Oc1ccccc1CCCOCc1ccccc1)Oc1ccccc1CCCOCc1ccccc1. The van der Waals surface area contributed by atoms with E-state index in [9.17, 15) is 4.79 Å². The lowest BCUT2D eigenvalue weighted by atomic mass is 10.1. The molecule has 0 aromatic heterocycles. The fourth-order valence-electron chi connectivity index (χ4n) is 4.08. The summed E-state index contributed by atoms with van der Waals surface area (Å²) in [5.74, 6) is 1.01. The summed E-state index contributed by atoms with van der Waals surface area (Å²) in [6.45, 7) is 2.42. The van der Waals surface area contributed by atoms with E-state index < -0.39 is 6.16 Å². The highest BCUT2D eigenvalue weighted by molar-refractivity contribution is 5.68. The smallest absolute Gasteiger partial charge is 0.394 e. The molecule has 0 unspecified atom stereocenters. The number of carbonyl (C=O) groups excluding carboxylic acids is 1. The van der Waals surface area contributed by atoms with Crippen LogP contribution in [-0.4, -0.2) is 19.4 Å². The highest BCUT2D eigenvalue weighted by atomic mass is 16.7. The summed E-state index contributed by atoms with van der Waals surface area (Å²) in [5, 5.41) is 0. The van der Waals surface area contributed by atoms with Crippen LogP contribution in [0, 0.1) is 0 Å². The van der Waals surface area contributed by atoms with Crippen LogP contribution in [0.15, 0.2) is 109 Å². The molecule has 0 aliphatic rings. The fourth-order valence-corrected chi connectivity index (χ4v) is 4.08. The molecule has 0 spiro atoms. The van der Waals surface area contributed by atoms with Crippen molar-refractivity contribution in [3.8, 4) is 11.5 Å². The van der Waals surface area contributed by atoms with Crippen LogP contribution < -0.4 is 9.47 Å². The van der Waals surface area contributed by atoms with E-state index >= 15 is 0 Å². The number of benzene rings is 4. The molecule has 0 saturated heterocycles. The Balaban J connectivity index is 1.21. The highest BCUT2D eigenvalue weighted by Gasteiger charge is 2.13. The Kier molecular flexibility index (Phi) is 11.0. The zero-order valence-corrected chi connectivity index (χ0v) is 21.6. The monoisotopic (exact) mass is 510 g/mol. The summed E-state index contributed by atoms with van der Waals surface area (Å²) in [4.78, 5) is 12.7. The summed E-state index contributed by atoms with van der Waals surface area (Å²) < 4.78 is 22.8. The van der Waals surface area contributed by atoms with Crippen molar-refractivity contribution in [2.24, 2.45) is 0 Å². The molecule has 0 atom stereocenters. The number of ether oxygens (including phenoxy) is 4. The Morgan fingerprint density at radius 2 is 0.895 bits per heavy atom. The number of carbonyl (C=O) groups is 1. The number of hydrogen-bond donors (Lipinski definition) is 0. The Morgan fingerprint density at radius 3 is 1.34 bits per heavy atom. The third-order valence-corrected chi connectivity index (χ3v) is 6.02. The molecule has 0 saturated carbocycles. The van der Waals surface area contributed by atoms with Crippen LogP contribution in [0.25, 0.3) is 0 Å². The molecule has 0 aliphatic carbocycles. The van der Waals surface area contributed by atoms with E-state index in [1.54, 1.807) is 12.1 Å². The van der Waals surface area contributed by atoms with Crippen LogP contribution >= 0.6 is 0 Å². The van der Waals surface area contributed by atoms with Gasteiger partial charge >= 0.3 is 6.16 Å². The van der Waals surface area contributed by atoms with E-state index in [4.69, 9.17) is 18.9 Å². The van der Waals surface area contributed by atoms with E-state index in [1.165, 1.54) is 0 Å². The van der Waals surface area contributed by atoms with Crippen molar-refractivity contribution in [2.45, 2.75) is 38.9 Å². The van der Waals surface area contributed by atoms with Gasteiger partial charge < -0.3 is 18.9 Å². The van der Waals surface area contributed by atoms with Gasteiger partial charge in [-0.3, -0.25) is 0 Å². The van der Waals surface area contributed by atoms with Crippen LogP contribution in [0.5, 0.6) is 11.5 Å². The molecule has 0 N–H and O–H groups in total. The second-order valence-corrected chi connectivity index (χ2v) is 8.95. The molecule has 38 heavy (non-hydrogen) atoms. The molecule has 4 rings (SSSR count). The van der Waals surface area contributed by atoms with Crippen LogP contribution in [0.1, 0.15) is 35.1 Å². The topological polar surface area (TPSA) is 54.0 Å². The van der Waals surface area contributed by atoms with E-state index in [0.29, 0.717) is 37.9 Å². The molecule has 0 radical (unpaired) electrons. The van der Waals surface area contributed by atoms with Crippen LogP contribution in [-0.2, 0) is 35.5 Å². The first-order valence-electron chi connectivity index (χ1n) is 13.1. The molecule has 0 amide bonds. The van der Waals surface area contributed by atoms with Crippen LogP contribution in [0.2, 0.25) is 0 Å². The largest absolute Gasteiger partial charge is 0.519 e. The zero-order valence-electron chi connectivity index (χ0n) is 21.6. The van der Waals surface area contributed by atoms with E-state index in [0.717, 1.165) is 47.9 Å². The highest BCUT2D eigenvalue weighted by Crippen LogP contribution is 2.23. The van der Waals surface area contributed by atoms with Crippen LogP contribution in [0.4, 0.5) is 4.79 Å². The molecule has 5 nitrogen and oxygen atoms in total. The Bertz CT molecular complexity index is 1140. The van der Waals surface area contributed by atoms with E-state index in [2.05, 4.69) is 0 Å². The average molecular weight is 511 g/mol. The lowest BCUT2D eigenvalue weighted by Crippen LogP contribution is -2.16. The van der Waals surface area contributed by atoms with Gasteiger partial charge in [0.15, 0.2) is 0 Å². The molecule has 5 heteroatoms. The fraction of sp³-hybridized carbons (Fsp3) is 0.242. The van der Waals surface area contributed by atoms with Gasteiger partial charge in [-0.25, -0.2) is 4.79 Å². The third-order valence-electron chi connectivity index (χ3n) is 6.02. The van der Waals surface area contributed by atoms with Gasteiger partial charge in [-0.15, -0.1) is 0 Å². The van der Waals surface area contributed by atoms with E-state index in [1.807, 2.05) is 97.1 Å². The number of rotatable bonds is 14. The molecular formula is C33H34O5. The van der Waals surface area contributed by atoms with Gasteiger partial charge in [0, 0.05) is 13.2 Å². The van der Waals surface area contributed by atoms with Gasteiger partial charge in [-0.2, -0.15) is 0 Å². The van der Waals surface area contributed by atoms with Crippen molar-refractivity contribution in [2.75, 3.05) is 13.2 Å². The molecule has 0 fully saturated rings. The zero-order chi connectivity index (χ0) is 26.3. The van der Waals surface area contributed by atoms with Crippen molar-refractivity contribution in [3.05, 3.63) is 131 Å². The summed E-state index contributed by atoms with van der Waals surface area (Å²) in [6, 6.07) is 35.3. The van der Waals surface area contributed by atoms with Gasteiger partial charge in [0.05, 0.1) is 13.2 Å². The molecule has 196 valence electrons. The average Bonchev–Trinajstić information content (AvgIpc) is 2.95. The maximum Gasteiger partial charge on any atom is 0.519 e. The predicted octanol–water partition coefficient (Wildman–Crippen LogP) is 7.56. The second kappa shape index (κ2) is 15.4. The van der Waals surface area contributed by atoms with Gasteiger partial charge in [0.2, 0.25) is 0 Å². The number of hydrogen-bond acceptors (Lipinski definition) is 5. The van der Waals surface area contributed by atoms with Gasteiger partial charge in [-0.1, -0.05) is 97.1 Å². The first-order valence-corrected chi connectivity index (χ1v) is 13.1. The summed E-state index contributed by atoms with van der Waals surface area (Å²) in [6.07, 6.45) is 2.36.